The Morgan fingerprint density at radius 2 is 2.35 bits per heavy atom. The zero-order chi connectivity index (χ0) is 12.3. The summed E-state index contributed by atoms with van der Waals surface area (Å²) in [6.07, 6.45) is 2.64. The minimum atomic E-state index is -3.46. The van der Waals surface area contributed by atoms with Gasteiger partial charge in [-0.2, -0.15) is 0 Å². The Bertz CT molecular complexity index is 488. The molecule has 1 atom stereocenters. The lowest BCUT2D eigenvalue weighted by Crippen LogP contribution is -2.26. The van der Waals surface area contributed by atoms with Crippen LogP contribution in [-0.2, 0) is 14.8 Å². The van der Waals surface area contributed by atoms with E-state index in [0.29, 0.717) is 6.61 Å². The van der Waals surface area contributed by atoms with Crippen molar-refractivity contribution in [1.29, 1.82) is 0 Å². The average molecular weight is 278 g/mol. The fourth-order valence-corrected chi connectivity index (χ4v) is 3.02. The lowest BCUT2D eigenvalue weighted by atomic mass is 10.3. The molecule has 0 amide bonds. The highest BCUT2D eigenvalue weighted by Gasteiger charge is 2.23. The normalized spacial score (nSPS) is 20.4. The van der Waals surface area contributed by atoms with Gasteiger partial charge in [0.1, 0.15) is 17.3 Å². The van der Waals surface area contributed by atoms with Gasteiger partial charge in [0.25, 0.3) is 0 Å². The third-order valence-corrected chi connectivity index (χ3v) is 3.86. The summed E-state index contributed by atoms with van der Waals surface area (Å²) in [5.41, 5.74) is 0. The summed E-state index contributed by atoms with van der Waals surface area (Å²) in [5.74, 6) is 0.109. The van der Waals surface area contributed by atoms with E-state index in [1.807, 2.05) is 0 Å². The molecule has 2 rings (SSSR count). The van der Waals surface area contributed by atoms with Crippen LogP contribution in [0.5, 0.6) is 0 Å². The molecule has 1 aromatic rings. The maximum absolute atomic E-state index is 11.8. The van der Waals surface area contributed by atoms with Gasteiger partial charge in [0.15, 0.2) is 0 Å². The van der Waals surface area contributed by atoms with Gasteiger partial charge < -0.3 is 4.74 Å². The first-order valence-corrected chi connectivity index (χ1v) is 7.18. The molecule has 0 aromatic carbocycles. The minimum Gasteiger partial charge on any atom is -0.377 e. The number of sulfonamides is 1. The largest absolute Gasteiger partial charge is 0.377 e. The van der Waals surface area contributed by atoms with Crippen molar-refractivity contribution in [3.8, 4) is 0 Å². The molecule has 1 unspecified atom stereocenters. The molecule has 0 radical (unpaired) electrons. The molecule has 1 aromatic heterocycles. The highest BCUT2D eigenvalue weighted by atomic mass is 35.5. The first kappa shape index (κ1) is 12.5. The molecule has 1 saturated heterocycles. The van der Waals surface area contributed by atoms with Gasteiger partial charge in [0.05, 0.1) is 11.9 Å². The van der Waals surface area contributed by atoms with Crippen LogP contribution in [0.4, 0.5) is 5.82 Å². The molecule has 1 fully saturated rings. The maximum atomic E-state index is 11.8. The Morgan fingerprint density at radius 1 is 1.53 bits per heavy atom. The predicted molar refractivity (Wildman–Crippen MR) is 63.4 cm³/mol. The second-order valence-corrected chi connectivity index (χ2v) is 5.90. The Morgan fingerprint density at radius 3 is 3.00 bits per heavy atom. The molecular weight excluding hydrogens is 266 g/mol. The van der Waals surface area contributed by atoms with Crippen molar-refractivity contribution < 1.29 is 13.2 Å². The summed E-state index contributed by atoms with van der Waals surface area (Å²) in [6.45, 7) is 0.625. The lowest BCUT2D eigenvalue weighted by molar-refractivity contribution is 0.127. The summed E-state index contributed by atoms with van der Waals surface area (Å²) < 4.78 is 31.2. The van der Waals surface area contributed by atoms with E-state index in [2.05, 4.69) is 14.7 Å². The fraction of sp³-hybridized carbons (Fsp3) is 0.556. The smallest absolute Gasteiger partial charge is 0.236 e. The monoisotopic (exact) mass is 277 g/mol. The quantitative estimate of drug-likeness (QED) is 0.832. The van der Waals surface area contributed by atoms with Gasteiger partial charge in [-0.25, -0.2) is 18.4 Å². The van der Waals surface area contributed by atoms with Crippen LogP contribution in [0, 0.1) is 0 Å². The van der Waals surface area contributed by atoms with E-state index in [9.17, 15) is 8.42 Å². The number of hydrogen-bond donors (Lipinski definition) is 1. The number of anilines is 1. The van der Waals surface area contributed by atoms with Gasteiger partial charge in [0, 0.05) is 12.7 Å². The van der Waals surface area contributed by atoms with Crippen molar-refractivity contribution >= 4 is 27.4 Å². The number of halogens is 1. The molecule has 1 N–H and O–H groups in total. The van der Waals surface area contributed by atoms with Gasteiger partial charge in [-0.3, -0.25) is 4.72 Å². The molecule has 0 bridgehead atoms. The third kappa shape index (κ3) is 3.79. The molecule has 0 saturated carbocycles. The van der Waals surface area contributed by atoms with Crippen molar-refractivity contribution in [2.75, 3.05) is 17.1 Å². The number of rotatable bonds is 4. The van der Waals surface area contributed by atoms with E-state index < -0.39 is 10.0 Å². The summed E-state index contributed by atoms with van der Waals surface area (Å²) in [4.78, 5) is 7.44. The molecule has 94 valence electrons. The van der Waals surface area contributed by atoms with Gasteiger partial charge in [0.2, 0.25) is 10.0 Å². The van der Waals surface area contributed by atoms with E-state index in [-0.39, 0.29) is 22.8 Å². The molecule has 2 heterocycles. The molecule has 8 heteroatoms. The molecule has 1 aliphatic rings. The van der Waals surface area contributed by atoms with Crippen molar-refractivity contribution in [2.24, 2.45) is 0 Å². The molecular formula is C9H12ClN3O3S. The van der Waals surface area contributed by atoms with Gasteiger partial charge in [-0.15, -0.1) is 0 Å². The van der Waals surface area contributed by atoms with E-state index >= 15 is 0 Å². The lowest BCUT2D eigenvalue weighted by Gasteiger charge is -2.11. The summed E-state index contributed by atoms with van der Waals surface area (Å²) in [6, 6.07) is 1.36. The summed E-state index contributed by atoms with van der Waals surface area (Å²) in [7, 11) is -3.46. The molecule has 1 aliphatic heterocycles. The van der Waals surface area contributed by atoms with Crippen molar-refractivity contribution in [2.45, 2.75) is 18.9 Å². The van der Waals surface area contributed by atoms with Crippen LogP contribution in [0.2, 0.25) is 5.15 Å². The van der Waals surface area contributed by atoms with Crippen LogP contribution in [0.3, 0.4) is 0 Å². The highest BCUT2D eigenvalue weighted by molar-refractivity contribution is 7.92. The van der Waals surface area contributed by atoms with Crippen LogP contribution >= 0.6 is 11.6 Å². The molecule has 0 spiro atoms. The minimum absolute atomic E-state index is 0.0609. The topological polar surface area (TPSA) is 81.2 Å². The second-order valence-electron chi connectivity index (χ2n) is 3.74. The number of nitrogens with zero attached hydrogens (tertiary/aromatic N) is 2. The standard InChI is InChI=1S/C9H12ClN3O3S/c10-8-4-9(12-6-11-8)13-17(14,15)5-7-2-1-3-16-7/h4,6-7H,1-3,5H2,(H,11,12,13). The van der Waals surface area contributed by atoms with Gasteiger partial charge in [-0.05, 0) is 12.8 Å². The Kier molecular flexibility index (Phi) is 3.80. The van der Waals surface area contributed by atoms with Crippen LogP contribution < -0.4 is 4.72 Å². The third-order valence-electron chi connectivity index (χ3n) is 2.32. The summed E-state index contributed by atoms with van der Waals surface area (Å²) in [5, 5.41) is 0.190. The summed E-state index contributed by atoms with van der Waals surface area (Å²) >= 11 is 5.63. The van der Waals surface area contributed by atoms with Crippen LogP contribution in [0.15, 0.2) is 12.4 Å². The first-order chi connectivity index (χ1) is 8.05. The second kappa shape index (κ2) is 5.16. The number of ether oxygens (including phenoxy) is 1. The number of aromatic nitrogens is 2. The number of nitrogens with one attached hydrogen (secondary N) is 1. The Hall–Kier alpha value is -0.920. The predicted octanol–water partition coefficient (Wildman–Crippen LogP) is 1.05. The van der Waals surface area contributed by atoms with E-state index in [0.717, 1.165) is 12.8 Å². The van der Waals surface area contributed by atoms with Crippen LogP contribution in [0.1, 0.15) is 12.8 Å². The SMILES string of the molecule is O=S(=O)(CC1CCCO1)Nc1cc(Cl)ncn1. The van der Waals surface area contributed by atoms with Crippen molar-refractivity contribution in [3.05, 3.63) is 17.5 Å². The first-order valence-electron chi connectivity index (χ1n) is 5.15. The Balaban J connectivity index is 2.01. The Labute approximate surface area is 104 Å². The van der Waals surface area contributed by atoms with Crippen molar-refractivity contribution in [3.63, 3.8) is 0 Å². The zero-order valence-electron chi connectivity index (χ0n) is 8.97. The highest BCUT2D eigenvalue weighted by Crippen LogP contribution is 2.16. The van der Waals surface area contributed by atoms with Gasteiger partial charge >= 0.3 is 0 Å². The van der Waals surface area contributed by atoms with E-state index in [4.69, 9.17) is 16.3 Å². The van der Waals surface area contributed by atoms with E-state index in [1.165, 1.54) is 12.4 Å². The van der Waals surface area contributed by atoms with Gasteiger partial charge in [-0.1, -0.05) is 11.6 Å². The van der Waals surface area contributed by atoms with Crippen LogP contribution in [0.25, 0.3) is 0 Å². The molecule has 6 nitrogen and oxygen atoms in total. The zero-order valence-corrected chi connectivity index (χ0v) is 10.5. The maximum Gasteiger partial charge on any atom is 0.236 e. The molecule has 0 aliphatic carbocycles. The average Bonchev–Trinajstić information content (AvgIpc) is 2.68. The van der Waals surface area contributed by atoms with Crippen LogP contribution in [-0.4, -0.2) is 36.8 Å². The molecule has 17 heavy (non-hydrogen) atoms. The van der Waals surface area contributed by atoms with E-state index in [1.54, 1.807) is 0 Å². The number of hydrogen-bond acceptors (Lipinski definition) is 5. The fourth-order valence-electron chi connectivity index (χ4n) is 1.61. The van der Waals surface area contributed by atoms with Crippen molar-refractivity contribution in [1.82, 2.24) is 9.97 Å².